The van der Waals surface area contributed by atoms with Crippen LogP contribution in [0.25, 0.3) is 0 Å². The maximum Gasteiger partial charge on any atom is 0.374 e. The minimum atomic E-state index is -0.603. The molecular weight excluding hydrogens is 250 g/mol. The van der Waals surface area contributed by atoms with Crippen LogP contribution in [0.1, 0.15) is 26.9 Å². The van der Waals surface area contributed by atoms with Gasteiger partial charge in [0.25, 0.3) is 5.91 Å². The second-order valence-electron chi connectivity index (χ2n) is 3.91. The third kappa shape index (κ3) is 2.62. The Morgan fingerprint density at radius 2 is 2.21 bits per heavy atom. The molecule has 1 amide bonds. The van der Waals surface area contributed by atoms with Crippen LogP contribution in [0.3, 0.4) is 0 Å². The molecule has 19 heavy (non-hydrogen) atoms. The van der Waals surface area contributed by atoms with Crippen LogP contribution in [0.4, 0.5) is 5.82 Å². The van der Waals surface area contributed by atoms with E-state index in [-0.39, 0.29) is 11.6 Å². The molecule has 0 aromatic carbocycles. The highest BCUT2D eigenvalue weighted by Gasteiger charge is 2.15. The van der Waals surface area contributed by atoms with Gasteiger partial charge < -0.3 is 19.6 Å². The molecule has 0 aliphatic rings. The lowest BCUT2D eigenvalue weighted by molar-refractivity contribution is 0.0588. The summed E-state index contributed by atoms with van der Waals surface area (Å²) in [6.07, 6.45) is 3.07. The number of nitrogens with zero attached hydrogens (tertiary/aromatic N) is 3. The standard InChI is InChI=1S/C11H13N5O3/c1-6-5-16(2)9(13-6)10(17)15-7-4-12-8(14-7)11(18)19-3/h4-5H,1-3H3,(H,12,14)(H,15,17). The number of aryl methyl sites for hydroxylation is 2. The first-order valence-corrected chi connectivity index (χ1v) is 5.46. The van der Waals surface area contributed by atoms with Gasteiger partial charge in [-0.25, -0.2) is 14.8 Å². The zero-order valence-corrected chi connectivity index (χ0v) is 10.7. The van der Waals surface area contributed by atoms with Crippen molar-refractivity contribution in [1.82, 2.24) is 19.5 Å². The molecule has 2 N–H and O–H groups in total. The van der Waals surface area contributed by atoms with E-state index in [0.29, 0.717) is 5.82 Å². The average molecular weight is 263 g/mol. The molecule has 100 valence electrons. The van der Waals surface area contributed by atoms with Crippen molar-refractivity contribution in [3.8, 4) is 0 Å². The van der Waals surface area contributed by atoms with Gasteiger partial charge in [-0.3, -0.25) is 4.79 Å². The molecular formula is C11H13N5O3. The first-order chi connectivity index (χ1) is 9.01. The lowest BCUT2D eigenvalue weighted by atomic mass is 10.5. The van der Waals surface area contributed by atoms with Crippen molar-refractivity contribution in [3.63, 3.8) is 0 Å². The van der Waals surface area contributed by atoms with Crippen LogP contribution in [-0.4, -0.2) is 38.5 Å². The Morgan fingerprint density at radius 1 is 1.47 bits per heavy atom. The predicted molar refractivity (Wildman–Crippen MR) is 65.8 cm³/mol. The fraction of sp³-hybridized carbons (Fsp3) is 0.273. The number of hydrogen-bond donors (Lipinski definition) is 2. The second-order valence-corrected chi connectivity index (χ2v) is 3.91. The number of nitrogens with one attached hydrogen (secondary N) is 2. The summed E-state index contributed by atoms with van der Waals surface area (Å²) in [5, 5.41) is 2.56. The SMILES string of the molecule is COC(=O)c1ncc(NC(=O)c2nc(C)cn2C)[nH]1. The number of carbonyl (C=O) groups excluding carboxylic acids is 2. The van der Waals surface area contributed by atoms with Crippen molar-refractivity contribution in [2.24, 2.45) is 7.05 Å². The number of anilines is 1. The highest BCUT2D eigenvalue weighted by Crippen LogP contribution is 2.07. The summed E-state index contributed by atoms with van der Waals surface area (Å²) in [5.41, 5.74) is 0.743. The molecule has 2 rings (SSSR count). The molecule has 0 bridgehead atoms. The summed E-state index contributed by atoms with van der Waals surface area (Å²) >= 11 is 0. The number of amides is 1. The number of hydrogen-bond acceptors (Lipinski definition) is 5. The number of aromatic nitrogens is 4. The molecule has 0 radical (unpaired) electrons. The molecule has 8 heteroatoms. The highest BCUT2D eigenvalue weighted by atomic mass is 16.5. The van der Waals surface area contributed by atoms with Crippen LogP contribution in [0.15, 0.2) is 12.4 Å². The number of imidazole rings is 2. The molecule has 0 saturated carbocycles. The van der Waals surface area contributed by atoms with Crippen molar-refractivity contribution < 1.29 is 14.3 Å². The molecule has 2 aromatic rings. The zero-order chi connectivity index (χ0) is 14.0. The first kappa shape index (κ1) is 12.8. The summed E-state index contributed by atoms with van der Waals surface area (Å²) < 4.78 is 6.11. The van der Waals surface area contributed by atoms with Gasteiger partial charge in [-0.05, 0) is 6.92 Å². The molecule has 8 nitrogen and oxygen atoms in total. The lowest BCUT2D eigenvalue weighted by Gasteiger charge is -2.01. The average Bonchev–Trinajstić information content (AvgIpc) is 2.95. The Balaban J connectivity index is 2.13. The Morgan fingerprint density at radius 3 is 2.79 bits per heavy atom. The zero-order valence-electron chi connectivity index (χ0n) is 10.7. The van der Waals surface area contributed by atoms with Gasteiger partial charge in [-0.1, -0.05) is 0 Å². The van der Waals surface area contributed by atoms with Gasteiger partial charge in [0.15, 0.2) is 5.82 Å². The smallest absolute Gasteiger partial charge is 0.374 e. The second kappa shape index (κ2) is 4.92. The van der Waals surface area contributed by atoms with Gasteiger partial charge in [-0.15, -0.1) is 0 Å². The molecule has 0 fully saturated rings. The number of esters is 1. The molecule has 0 aliphatic carbocycles. The van der Waals surface area contributed by atoms with Gasteiger partial charge in [-0.2, -0.15) is 0 Å². The summed E-state index contributed by atoms with van der Waals surface area (Å²) in [7, 11) is 2.97. The van der Waals surface area contributed by atoms with Crippen LogP contribution >= 0.6 is 0 Å². The fourth-order valence-corrected chi connectivity index (χ4v) is 1.59. The van der Waals surface area contributed by atoms with E-state index in [1.165, 1.54) is 13.3 Å². The van der Waals surface area contributed by atoms with Crippen molar-refractivity contribution >= 4 is 17.7 Å². The summed E-state index contributed by atoms with van der Waals surface area (Å²) in [4.78, 5) is 33.6. The van der Waals surface area contributed by atoms with Crippen LogP contribution in [-0.2, 0) is 11.8 Å². The Bertz CT molecular complexity index is 628. The van der Waals surface area contributed by atoms with E-state index in [0.717, 1.165) is 5.69 Å². The first-order valence-electron chi connectivity index (χ1n) is 5.46. The maximum atomic E-state index is 11.9. The molecule has 0 unspecified atom stereocenters. The summed E-state index contributed by atoms with van der Waals surface area (Å²) in [6, 6.07) is 0. The minimum absolute atomic E-state index is 0.0221. The van der Waals surface area contributed by atoms with Gasteiger partial charge in [0.2, 0.25) is 5.82 Å². The van der Waals surface area contributed by atoms with Crippen LogP contribution in [0, 0.1) is 6.92 Å². The third-order valence-corrected chi connectivity index (χ3v) is 2.40. The predicted octanol–water partition coefficient (Wildman–Crippen LogP) is 0.491. The number of ether oxygens (including phenoxy) is 1. The van der Waals surface area contributed by atoms with E-state index >= 15 is 0 Å². The normalized spacial score (nSPS) is 10.3. The van der Waals surface area contributed by atoms with E-state index in [1.54, 1.807) is 24.7 Å². The maximum absolute atomic E-state index is 11.9. The molecule has 2 heterocycles. The van der Waals surface area contributed by atoms with Gasteiger partial charge >= 0.3 is 5.97 Å². The van der Waals surface area contributed by atoms with Crippen LogP contribution in [0.2, 0.25) is 0 Å². The Labute approximate surface area is 108 Å². The number of rotatable bonds is 3. The van der Waals surface area contributed by atoms with Gasteiger partial charge in [0, 0.05) is 13.2 Å². The van der Waals surface area contributed by atoms with E-state index in [2.05, 4.69) is 25.0 Å². The number of carbonyl (C=O) groups is 2. The van der Waals surface area contributed by atoms with E-state index in [4.69, 9.17) is 0 Å². The van der Waals surface area contributed by atoms with E-state index < -0.39 is 11.9 Å². The molecule has 2 aromatic heterocycles. The van der Waals surface area contributed by atoms with E-state index in [1.807, 2.05) is 0 Å². The molecule has 0 aliphatic heterocycles. The van der Waals surface area contributed by atoms with Crippen molar-refractivity contribution in [3.05, 3.63) is 29.7 Å². The van der Waals surface area contributed by atoms with Gasteiger partial charge in [0.1, 0.15) is 5.82 Å². The van der Waals surface area contributed by atoms with Crippen molar-refractivity contribution in [2.45, 2.75) is 6.92 Å². The number of H-pyrrole nitrogens is 1. The molecule has 0 spiro atoms. The van der Waals surface area contributed by atoms with Crippen molar-refractivity contribution in [1.29, 1.82) is 0 Å². The van der Waals surface area contributed by atoms with Crippen molar-refractivity contribution in [2.75, 3.05) is 12.4 Å². The third-order valence-electron chi connectivity index (χ3n) is 2.40. The quantitative estimate of drug-likeness (QED) is 0.785. The number of aromatic amines is 1. The monoisotopic (exact) mass is 263 g/mol. The topological polar surface area (TPSA) is 102 Å². The molecule has 0 saturated heterocycles. The minimum Gasteiger partial charge on any atom is -0.463 e. The Kier molecular flexibility index (Phi) is 3.32. The highest BCUT2D eigenvalue weighted by molar-refractivity contribution is 6.01. The fourth-order valence-electron chi connectivity index (χ4n) is 1.59. The van der Waals surface area contributed by atoms with Crippen LogP contribution < -0.4 is 5.32 Å². The van der Waals surface area contributed by atoms with Crippen LogP contribution in [0.5, 0.6) is 0 Å². The Hall–Kier alpha value is -2.64. The number of methoxy groups -OCH3 is 1. The summed E-state index contributed by atoms with van der Waals surface area (Å²) in [6.45, 7) is 1.79. The summed E-state index contributed by atoms with van der Waals surface area (Å²) in [5.74, 6) is -0.407. The molecule has 0 atom stereocenters. The van der Waals surface area contributed by atoms with E-state index in [9.17, 15) is 9.59 Å². The lowest BCUT2D eigenvalue weighted by Crippen LogP contribution is -2.17. The largest absolute Gasteiger partial charge is 0.463 e. The van der Waals surface area contributed by atoms with Gasteiger partial charge in [0.05, 0.1) is 19.0 Å².